The van der Waals surface area contributed by atoms with Gasteiger partial charge in [0.2, 0.25) is 0 Å². The summed E-state index contributed by atoms with van der Waals surface area (Å²) in [6.07, 6.45) is 5.72. The van der Waals surface area contributed by atoms with E-state index in [4.69, 9.17) is 12.2 Å². The third-order valence-corrected chi connectivity index (χ3v) is 4.15. The molecule has 104 valence electrons. The van der Waals surface area contributed by atoms with Crippen LogP contribution in [-0.4, -0.2) is 21.7 Å². The Morgan fingerprint density at radius 1 is 1.30 bits per heavy atom. The molecular formula is C16H17NOS2. The van der Waals surface area contributed by atoms with E-state index in [1.807, 2.05) is 48.6 Å². The molecule has 1 aliphatic heterocycles. The average Bonchev–Trinajstić information content (AvgIpc) is 2.67. The number of rotatable bonds is 4. The second-order valence-corrected chi connectivity index (χ2v) is 6.65. The molecule has 0 N–H and O–H groups in total. The first-order valence-corrected chi connectivity index (χ1v) is 7.77. The van der Waals surface area contributed by atoms with E-state index in [0.717, 1.165) is 5.56 Å². The number of hydrogen-bond donors (Lipinski definition) is 0. The number of amides is 1. The highest BCUT2D eigenvalue weighted by Gasteiger charge is 2.31. The molecule has 1 fully saturated rings. The van der Waals surface area contributed by atoms with Crippen molar-refractivity contribution in [1.82, 2.24) is 4.90 Å². The lowest BCUT2D eigenvalue weighted by molar-refractivity contribution is -0.122. The maximum atomic E-state index is 12.2. The molecule has 0 saturated carbocycles. The van der Waals surface area contributed by atoms with Gasteiger partial charge in [0.05, 0.1) is 4.91 Å². The zero-order valence-corrected chi connectivity index (χ0v) is 13.2. The number of allylic oxidation sites excluding steroid dienone is 2. The first-order valence-electron chi connectivity index (χ1n) is 6.55. The molecule has 1 amide bonds. The van der Waals surface area contributed by atoms with E-state index in [1.54, 1.807) is 4.90 Å². The van der Waals surface area contributed by atoms with Crippen molar-refractivity contribution in [3.8, 4) is 0 Å². The van der Waals surface area contributed by atoms with Crippen molar-refractivity contribution in [3.63, 3.8) is 0 Å². The fourth-order valence-electron chi connectivity index (χ4n) is 1.85. The van der Waals surface area contributed by atoms with Gasteiger partial charge in [0.1, 0.15) is 4.32 Å². The van der Waals surface area contributed by atoms with Crippen molar-refractivity contribution in [2.75, 3.05) is 6.54 Å². The number of nitrogens with zero attached hydrogens (tertiary/aromatic N) is 1. The van der Waals surface area contributed by atoms with Crippen molar-refractivity contribution in [2.45, 2.75) is 13.8 Å². The van der Waals surface area contributed by atoms with E-state index in [9.17, 15) is 4.79 Å². The first kappa shape index (κ1) is 15.0. The van der Waals surface area contributed by atoms with E-state index in [0.29, 0.717) is 21.7 Å². The van der Waals surface area contributed by atoms with Gasteiger partial charge in [0.15, 0.2) is 0 Å². The molecule has 0 aliphatic carbocycles. The third kappa shape index (κ3) is 3.81. The molecule has 0 bridgehead atoms. The lowest BCUT2D eigenvalue weighted by atomic mass is 10.2. The molecule has 2 nitrogen and oxygen atoms in total. The molecule has 0 radical (unpaired) electrons. The van der Waals surface area contributed by atoms with Crippen LogP contribution in [0.3, 0.4) is 0 Å². The van der Waals surface area contributed by atoms with Gasteiger partial charge in [0.25, 0.3) is 5.91 Å². The molecule has 1 saturated heterocycles. The van der Waals surface area contributed by atoms with E-state index in [-0.39, 0.29) is 5.91 Å². The summed E-state index contributed by atoms with van der Waals surface area (Å²) >= 11 is 6.64. The SMILES string of the molecule is CC(C)CN1C(=O)C(=CC=Cc2ccccc2)SC1=S. The number of hydrogen-bond acceptors (Lipinski definition) is 3. The van der Waals surface area contributed by atoms with Gasteiger partial charge in [-0.05, 0) is 17.6 Å². The summed E-state index contributed by atoms with van der Waals surface area (Å²) < 4.78 is 0.656. The number of benzene rings is 1. The van der Waals surface area contributed by atoms with Crippen LogP contribution in [0.4, 0.5) is 0 Å². The summed E-state index contributed by atoms with van der Waals surface area (Å²) in [6, 6.07) is 10.0. The van der Waals surface area contributed by atoms with E-state index >= 15 is 0 Å². The van der Waals surface area contributed by atoms with Crippen molar-refractivity contribution in [2.24, 2.45) is 5.92 Å². The summed E-state index contributed by atoms with van der Waals surface area (Å²) in [5.41, 5.74) is 1.11. The molecule has 1 aliphatic rings. The standard InChI is InChI=1S/C16H17NOS2/c1-12(2)11-17-15(18)14(20-16(17)19)10-6-9-13-7-4-3-5-8-13/h3-10,12H,11H2,1-2H3. The maximum Gasteiger partial charge on any atom is 0.266 e. The molecule has 1 aromatic rings. The molecule has 1 heterocycles. The Labute approximate surface area is 129 Å². The van der Waals surface area contributed by atoms with E-state index < -0.39 is 0 Å². The van der Waals surface area contributed by atoms with Crippen molar-refractivity contribution in [3.05, 3.63) is 53.0 Å². The van der Waals surface area contributed by atoms with Crippen LogP contribution in [0.25, 0.3) is 6.08 Å². The maximum absolute atomic E-state index is 12.2. The minimum atomic E-state index is 0.0198. The molecular weight excluding hydrogens is 286 g/mol. The fourth-order valence-corrected chi connectivity index (χ4v) is 3.07. The fraction of sp³-hybridized carbons (Fsp3) is 0.250. The zero-order chi connectivity index (χ0) is 14.5. The summed E-state index contributed by atoms with van der Waals surface area (Å²) in [7, 11) is 0. The monoisotopic (exact) mass is 303 g/mol. The van der Waals surface area contributed by atoms with Crippen LogP contribution in [0.1, 0.15) is 19.4 Å². The Kier molecular flexibility index (Phi) is 5.15. The highest BCUT2D eigenvalue weighted by Crippen LogP contribution is 2.31. The van der Waals surface area contributed by atoms with Gasteiger partial charge in [-0.1, -0.05) is 80.3 Å². The van der Waals surface area contributed by atoms with Gasteiger partial charge < -0.3 is 0 Å². The zero-order valence-electron chi connectivity index (χ0n) is 11.6. The van der Waals surface area contributed by atoms with Gasteiger partial charge in [-0.2, -0.15) is 0 Å². The summed E-state index contributed by atoms with van der Waals surface area (Å²) in [6.45, 7) is 4.85. The molecule has 4 heteroatoms. The summed E-state index contributed by atoms with van der Waals surface area (Å²) in [5, 5.41) is 0. The molecule has 0 atom stereocenters. The minimum Gasteiger partial charge on any atom is -0.293 e. The lowest BCUT2D eigenvalue weighted by Gasteiger charge is -2.16. The predicted molar refractivity (Wildman–Crippen MR) is 90.3 cm³/mol. The van der Waals surface area contributed by atoms with Gasteiger partial charge in [0, 0.05) is 6.54 Å². The Morgan fingerprint density at radius 2 is 2.00 bits per heavy atom. The lowest BCUT2D eigenvalue weighted by Crippen LogP contribution is -2.31. The van der Waals surface area contributed by atoms with Crippen molar-refractivity contribution < 1.29 is 4.79 Å². The first-order chi connectivity index (χ1) is 9.58. The highest BCUT2D eigenvalue weighted by molar-refractivity contribution is 8.26. The molecule has 0 aromatic heterocycles. The van der Waals surface area contributed by atoms with Gasteiger partial charge in [-0.15, -0.1) is 0 Å². The normalized spacial score (nSPS) is 17.9. The van der Waals surface area contributed by atoms with Crippen LogP contribution < -0.4 is 0 Å². The molecule has 20 heavy (non-hydrogen) atoms. The predicted octanol–water partition coefficient (Wildman–Crippen LogP) is 4.10. The number of thioether (sulfide) groups is 1. The van der Waals surface area contributed by atoms with Gasteiger partial charge >= 0.3 is 0 Å². The molecule has 1 aromatic carbocycles. The Morgan fingerprint density at radius 3 is 2.65 bits per heavy atom. The summed E-state index contributed by atoms with van der Waals surface area (Å²) in [5.74, 6) is 0.433. The average molecular weight is 303 g/mol. The van der Waals surface area contributed by atoms with Gasteiger partial charge in [-0.25, -0.2) is 0 Å². The Hall–Kier alpha value is -1.39. The Bertz CT molecular complexity index is 561. The minimum absolute atomic E-state index is 0.0198. The van der Waals surface area contributed by atoms with Crippen LogP contribution in [0, 0.1) is 5.92 Å². The van der Waals surface area contributed by atoms with Crippen LogP contribution in [0.5, 0.6) is 0 Å². The molecule has 2 rings (SSSR count). The number of thiocarbonyl (C=S) groups is 1. The smallest absolute Gasteiger partial charge is 0.266 e. The second kappa shape index (κ2) is 6.86. The van der Waals surface area contributed by atoms with E-state index in [1.165, 1.54) is 11.8 Å². The van der Waals surface area contributed by atoms with E-state index in [2.05, 4.69) is 13.8 Å². The quantitative estimate of drug-likeness (QED) is 0.617. The van der Waals surface area contributed by atoms with Crippen LogP contribution >= 0.6 is 24.0 Å². The van der Waals surface area contributed by atoms with Crippen LogP contribution in [0.15, 0.2) is 47.4 Å². The van der Waals surface area contributed by atoms with Crippen molar-refractivity contribution >= 4 is 40.3 Å². The summed E-state index contributed by atoms with van der Waals surface area (Å²) in [4.78, 5) is 14.6. The van der Waals surface area contributed by atoms with Crippen molar-refractivity contribution in [1.29, 1.82) is 0 Å². The highest BCUT2D eigenvalue weighted by atomic mass is 32.2. The number of carbonyl (C=O) groups excluding carboxylic acids is 1. The number of carbonyl (C=O) groups is 1. The topological polar surface area (TPSA) is 20.3 Å². The van der Waals surface area contributed by atoms with Gasteiger partial charge in [-0.3, -0.25) is 9.69 Å². The van der Waals surface area contributed by atoms with Crippen LogP contribution in [0.2, 0.25) is 0 Å². The third-order valence-electron chi connectivity index (χ3n) is 2.76. The molecule has 0 unspecified atom stereocenters. The Balaban J connectivity index is 2.07. The molecule has 0 spiro atoms. The second-order valence-electron chi connectivity index (χ2n) is 4.98. The largest absolute Gasteiger partial charge is 0.293 e. The van der Waals surface area contributed by atoms with Crippen LogP contribution in [-0.2, 0) is 4.79 Å².